The molecule has 0 bridgehead atoms. The van der Waals surface area contributed by atoms with Crippen LogP contribution >= 0.6 is 15.9 Å². The van der Waals surface area contributed by atoms with Crippen LogP contribution in [0.5, 0.6) is 11.5 Å². The van der Waals surface area contributed by atoms with Gasteiger partial charge in [-0.25, -0.2) is 4.98 Å². The number of nitrogens with one attached hydrogen (secondary N) is 1. The highest BCUT2D eigenvalue weighted by Gasteiger charge is 2.15. The average Bonchev–Trinajstić information content (AvgIpc) is 2.92. The van der Waals surface area contributed by atoms with Crippen molar-refractivity contribution < 1.29 is 9.47 Å². The van der Waals surface area contributed by atoms with Crippen LogP contribution in [0.25, 0.3) is 0 Å². The van der Waals surface area contributed by atoms with Crippen LogP contribution in [0.1, 0.15) is 12.6 Å². The smallest absolute Gasteiger partial charge is 0.163 e. The molecule has 0 aliphatic carbocycles. The van der Waals surface area contributed by atoms with Crippen molar-refractivity contribution in [2.24, 2.45) is 0 Å². The van der Waals surface area contributed by atoms with Gasteiger partial charge in [-0.05, 0) is 22.9 Å². The van der Waals surface area contributed by atoms with Crippen LogP contribution in [-0.2, 0) is 13.1 Å². The molecule has 3 rings (SSSR count). The van der Waals surface area contributed by atoms with E-state index in [1.54, 1.807) is 0 Å². The fourth-order valence-corrected chi connectivity index (χ4v) is 2.63. The summed E-state index contributed by atoms with van der Waals surface area (Å²) in [5.41, 5.74) is 2.13. The SMILES string of the molecule is CCn1cncc1CNc1cc2c(cc1Br)OCCO2. The predicted molar refractivity (Wildman–Crippen MR) is 80.4 cm³/mol. The molecule has 1 aromatic carbocycles. The second-order valence-electron chi connectivity index (χ2n) is 4.50. The quantitative estimate of drug-likeness (QED) is 0.931. The van der Waals surface area contributed by atoms with Crippen molar-refractivity contribution in [2.75, 3.05) is 18.5 Å². The summed E-state index contributed by atoms with van der Waals surface area (Å²) in [7, 11) is 0. The van der Waals surface area contributed by atoms with E-state index in [-0.39, 0.29) is 0 Å². The molecule has 0 spiro atoms. The first-order chi connectivity index (χ1) is 9.78. The molecule has 1 aromatic heterocycles. The molecular formula is C14H16BrN3O2. The Balaban J connectivity index is 1.77. The number of hydrogen-bond donors (Lipinski definition) is 1. The van der Waals surface area contributed by atoms with E-state index in [0.717, 1.165) is 33.9 Å². The van der Waals surface area contributed by atoms with Gasteiger partial charge in [-0.3, -0.25) is 0 Å². The molecule has 0 fully saturated rings. The molecule has 1 N–H and O–H groups in total. The van der Waals surface area contributed by atoms with Crippen molar-refractivity contribution in [3.05, 3.63) is 34.8 Å². The lowest BCUT2D eigenvalue weighted by Gasteiger charge is -2.20. The van der Waals surface area contributed by atoms with Crippen LogP contribution < -0.4 is 14.8 Å². The number of anilines is 1. The zero-order valence-electron chi connectivity index (χ0n) is 11.2. The summed E-state index contributed by atoms with van der Waals surface area (Å²) in [6.07, 6.45) is 3.72. The Morgan fingerprint density at radius 3 is 2.80 bits per heavy atom. The molecule has 2 heterocycles. The van der Waals surface area contributed by atoms with E-state index in [4.69, 9.17) is 9.47 Å². The maximum Gasteiger partial charge on any atom is 0.163 e. The molecule has 2 aromatic rings. The number of hydrogen-bond acceptors (Lipinski definition) is 4. The van der Waals surface area contributed by atoms with Crippen LogP contribution in [0, 0.1) is 0 Å². The largest absolute Gasteiger partial charge is 0.486 e. The highest BCUT2D eigenvalue weighted by atomic mass is 79.9. The van der Waals surface area contributed by atoms with Gasteiger partial charge in [0.25, 0.3) is 0 Å². The lowest BCUT2D eigenvalue weighted by atomic mass is 10.2. The number of nitrogens with zero attached hydrogens (tertiary/aromatic N) is 2. The standard InChI is InChI=1S/C14H16BrN3O2/c1-2-18-9-16-7-10(18)8-17-12-6-14-13(5-11(12)15)19-3-4-20-14/h5-7,9,17H,2-4,8H2,1H3. The first-order valence-electron chi connectivity index (χ1n) is 6.60. The van der Waals surface area contributed by atoms with E-state index in [0.29, 0.717) is 19.8 Å². The normalized spacial score (nSPS) is 13.3. The van der Waals surface area contributed by atoms with E-state index in [2.05, 4.69) is 37.7 Å². The van der Waals surface area contributed by atoms with Crippen LogP contribution in [-0.4, -0.2) is 22.8 Å². The van der Waals surface area contributed by atoms with Gasteiger partial charge < -0.3 is 19.4 Å². The minimum atomic E-state index is 0.594. The number of fused-ring (bicyclic) bond motifs is 1. The number of aryl methyl sites for hydroxylation is 1. The number of aromatic nitrogens is 2. The molecule has 0 radical (unpaired) electrons. The lowest BCUT2D eigenvalue weighted by molar-refractivity contribution is 0.171. The number of ether oxygens (including phenoxy) is 2. The van der Waals surface area contributed by atoms with Crippen molar-refractivity contribution in [2.45, 2.75) is 20.0 Å². The maximum atomic E-state index is 5.60. The first-order valence-corrected chi connectivity index (χ1v) is 7.39. The fraction of sp³-hybridized carbons (Fsp3) is 0.357. The fourth-order valence-electron chi connectivity index (χ4n) is 2.17. The van der Waals surface area contributed by atoms with E-state index in [1.165, 1.54) is 0 Å². The molecule has 5 nitrogen and oxygen atoms in total. The second kappa shape index (κ2) is 5.75. The lowest BCUT2D eigenvalue weighted by Crippen LogP contribution is -2.15. The van der Waals surface area contributed by atoms with Gasteiger partial charge in [0.1, 0.15) is 13.2 Å². The molecule has 6 heteroatoms. The molecule has 20 heavy (non-hydrogen) atoms. The summed E-state index contributed by atoms with van der Waals surface area (Å²) in [6.45, 7) is 4.93. The Bertz CT molecular complexity index is 612. The molecule has 0 amide bonds. The number of benzene rings is 1. The topological polar surface area (TPSA) is 48.3 Å². The third-order valence-corrected chi connectivity index (χ3v) is 3.89. The summed E-state index contributed by atoms with van der Waals surface area (Å²) in [6, 6.07) is 3.90. The van der Waals surface area contributed by atoms with Gasteiger partial charge in [0.05, 0.1) is 24.3 Å². The summed E-state index contributed by atoms with van der Waals surface area (Å²) >= 11 is 3.55. The van der Waals surface area contributed by atoms with E-state index in [9.17, 15) is 0 Å². The highest BCUT2D eigenvalue weighted by molar-refractivity contribution is 9.10. The van der Waals surface area contributed by atoms with E-state index >= 15 is 0 Å². The minimum absolute atomic E-state index is 0.594. The van der Waals surface area contributed by atoms with E-state index < -0.39 is 0 Å². The van der Waals surface area contributed by atoms with Gasteiger partial charge in [-0.15, -0.1) is 0 Å². The van der Waals surface area contributed by atoms with Gasteiger partial charge in [0.2, 0.25) is 0 Å². The number of halogens is 1. The maximum absolute atomic E-state index is 5.60. The molecule has 1 aliphatic heterocycles. The summed E-state index contributed by atoms with van der Waals surface area (Å²) < 4.78 is 14.2. The number of rotatable bonds is 4. The number of imidazole rings is 1. The molecule has 0 saturated carbocycles. The zero-order valence-corrected chi connectivity index (χ0v) is 12.8. The zero-order chi connectivity index (χ0) is 13.9. The summed E-state index contributed by atoms with van der Waals surface area (Å²) in [5.74, 6) is 1.57. The van der Waals surface area contributed by atoms with Crippen molar-refractivity contribution in [1.82, 2.24) is 9.55 Å². The monoisotopic (exact) mass is 337 g/mol. The Labute approximate surface area is 126 Å². The van der Waals surface area contributed by atoms with E-state index in [1.807, 2.05) is 24.7 Å². The molecule has 1 aliphatic rings. The Morgan fingerprint density at radius 2 is 2.05 bits per heavy atom. The average molecular weight is 338 g/mol. The molecule has 106 valence electrons. The van der Waals surface area contributed by atoms with Crippen LogP contribution in [0.4, 0.5) is 5.69 Å². The predicted octanol–water partition coefficient (Wildman–Crippen LogP) is 3.05. The van der Waals surface area contributed by atoms with Crippen LogP contribution in [0.2, 0.25) is 0 Å². The first kappa shape index (κ1) is 13.3. The molecular weight excluding hydrogens is 322 g/mol. The third-order valence-electron chi connectivity index (χ3n) is 3.23. The van der Waals surface area contributed by atoms with Crippen molar-refractivity contribution in [1.29, 1.82) is 0 Å². The summed E-state index contributed by atoms with van der Waals surface area (Å²) in [4.78, 5) is 4.16. The van der Waals surface area contributed by atoms with Crippen LogP contribution in [0.3, 0.4) is 0 Å². The highest BCUT2D eigenvalue weighted by Crippen LogP contribution is 2.38. The van der Waals surface area contributed by atoms with Gasteiger partial charge >= 0.3 is 0 Å². The molecule has 0 atom stereocenters. The van der Waals surface area contributed by atoms with Gasteiger partial charge in [0.15, 0.2) is 11.5 Å². The van der Waals surface area contributed by atoms with Gasteiger partial charge in [-0.2, -0.15) is 0 Å². The Kier molecular flexibility index (Phi) is 3.82. The Hall–Kier alpha value is -1.69. The van der Waals surface area contributed by atoms with Crippen LogP contribution in [0.15, 0.2) is 29.1 Å². The van der Waals surface area contributed by atoms with Crippen molar-refractivity contribution in [3.63, 3.8) is 0 Å². The third kappa shape index (κ3) is 2.60. The minimum Gasteiger partial charge on any atom is -0.486 e. The molecule has 0 saturated heterocycles. The molecule has 0 unspecified atom stereocenters. The summed E-state index contributed by atoms with van der Waals surface area (Å²) in [5, 5.41) is 3.40. The second-order valence-corrected chi connectivity index (χ2v) is 5.35. The van der Waals surface area contributed by atoms with Crippen molar-refractivity contribution in [3.8, 4) is 11.5 Å². The van der Waals surface area contributed by atoms with Crippen molar-refractivity contribution >= 4 is 21.6 Å². The van der Waals surface area contributed by atoms with Gasteiger partial charge in [0, 0.05) is 29.3 Å². The van der Waals surface area contributed by atoms with Gasteiger partial charge in [-0.1, -0.05) is 0 Å². The Morgan fingerprint density at radius 1 is 1.30 bits per heavy atom.